The first kappa shape index (κ1) is 15.3. The van der Waals surface area contributed by atoms with Crippen LogP contribution in [0.4, 0.5) is 0 Å². The molecule has 0 aromatic carbocycles. The van der Waals surface area contributed by atoms with Gasteiger partial charge in [0, 0.05) is 32.2 Å². The van der Waals surface area contributed by atoms with Gasteiger partial charge in [0.15, 0.2) is 0 Å². The second-order valence-corrected chi connectivity index (χ2v) is 7.13. The van der Waals surface area contributed by atoms with Crippen molar-refractivity contribution in [1.29, 1.82) is 0 Å². The molecule has 1 heterocycles. The number of hydrogen-bond acceptors (Lipinski definition) is 3. The Kier molecular flexibility index (Phi) is 5.67. The molecular formula is C16H32N2O. The largest absolute Gasteiger partial charge is 0.392 e. The van der Waals surface area contributed by atoms with E-state index in [0.29, 0.717) is 11.5 Å². The van der Waals surface area contributed by atoms with Crippen LogP contribution < -0.4 is 5.32 Å². The molecule has 1 aliphatic carbocycles. The number of β-amino-alcohol motifs (C(OH)–C–C–N with tert-alkyl or cyclic N) is 1. The predicted molar refractivity (Wildman–Crippen MR) is 80.3 cm³/mol. The molecule has 0 amide bonds. The maximum absolute atomic E-state index is 9.73. The topological polar surface area (TPSA) is 35.5 Å². The summed E-state index contributed by atoms with van der Waals surface area (Å²) in [6.45, 7) is 8.79. The predicted octanol–water partition coefficient (Wildman–Crippen LogP) is 2.39. The highest BCUT2D eigenvalue weighted by atomic mass is 16.3. The summed E-state index contributed by atoms with van der Waals surface area (Å²) < 4.78 is 0. The van der Waals surface area contributed by atoms with E-state index in [1.54, 1.807) is 0 Å². The molecule has 1 unspecified atom stereocenters. The van der Waals surface area contributed by atoms with E-state index in [0.717, 1.165) is 26.1 Å². The number of likely N-dealkylation sites (tertiary alicyclic amines) is 1. The zero-order valence-electron chi connectivity index (χ0n) is 12.8. The van der Waals surface area contributed by atoms with Gasteiger partial charge in [0.2, 0.25) is 0 Å². The maximum Gasteiger partial charge on any atom is 0.0679 e. The number of nitrogens with one attached hydrogen (secondary N) is 1. The van der Waals surface area contributed by atoms with E-state index in [-0.39, 0.29) is 6.10 Å². The van der Waals surface area contributed by atoms with Gasteiger partial charge in [0.25, 0.3) is 0 Å². The van der Waals surface area contributed by atoms with Crippen molar-refractivity contribution in [2.45, 2.75) is 70.9 Å². The molecule has 3 nitrogen and oxygen atoms in total. The Morgan fingerprint density at radius 1 is 1.21 bits per heavy atom. The van der Waals surface area contributed by atoms with Crippen LogP contribution in [0, 0.1) is 5.41 Å². The molecule has 1 aliphatic heterocycles. The second kappa shape index (κ2) is 7.05. The van der Waals surface area contributed by atoms with Crippen LogP contribution in [0.25, 0.3) is 0 Å². The van der Waals surface area contributed by atoms with E-state index >= 15 is 0 Å². The molecule has 0 bridgehead atoms. The van der Waals surface area contributed by atoms with Gasteiger partial charge in [0.1, 0.15) is 0 Å². The Hall–Kier alpha value is -0.120. The van der Waals surface area contributed by atoms with Crippen LogP contribution in [0.2, 0.25) is 0 Å². The first-order chi connectivity index (χ1) is 9.10. The van der Waals surface area contributed by atoms with E-state index in [2.05, 4.69) is 24.1 Å². The van der Waals surface area contributed by atoms with Crippen LogP contribution in [0.3, 0.4) is 0 Å². The van der Waals surface area contributed by atoms with E-state index in [9.17, 15) is 5.11 Å². The van der Waals surface area contributed by atoms with Gasteiger partial charge in [0.05, 0.1) is 6.10 Å². The average Bonchev–Trinajstić information content (AvgIpc) is 2.63. The van der Waals surface area contributed by atoms with E-state index in [4.69, 9.17) is 0 Å². The van der Waals surface area contributed by atoms with Crippen molar-refractivity contribution >= 4 is 0 Å². The minimum atomic E-state index is -0.0825. The monoisotopic (exact) mass is 268 g/mol. The van der Waals surface area contributed by atoms with Crippen molar-refractivity contribution in [3.63, 3.8) is 0 Å². The Balaban J connectivity index is 1.95. The van der Waals surface area contributed by atoms with Crippen LogP contribution in [-0.2, 0) is 0 Å². The standard InChI is InChI=1S/C16H32N2O/c1-14(2)17-12-16(8-5-3-4-6-9-16)13-18-10-7-15(19)11-18/h14-15,17,19H,3-13H2,1-2H3. The fourth-order valence-electron chi connectivity index (χ4n) is 3.72. The smallest absolute Gasteiger partial charge is 0.0679 e. The van der Waals surface area contributed by atoms with Crippen molar-refractivity contribution in [2.75, 3.05) is 26.2 Å². The lowest BCUT2D eigenvalue weighted by molar-refractivity contribution is 0.122. The van der Waals surface area contributed by atoms with Crippen LogP contribution in [0.1, 0.15) is 58.8 Å². The molecule has 0 radical (unpaired) electrons. The van der Waals surface area contributed by atoms with Crippen molar-refractivity contribution < 1.29 is 5.11 Å². The third kappa shape index (κ3) is 4.73. The minimum absolute atomic E-state index is 0.0825. The molecule has 2 fully saturated rings. The number of aliphatic hydroxyl groups excluding tert-OH is 1. The molecule has 112 valence electrons. The lowest BCUT2D eigenvalue weighted by Crippen LogP contribution is -2.45. The molecule has 2 rings (SSSR count). The highest BCUT2D eigenvalue weighted by molar-refractivity contribution is 4.89. The summed E-state index contributed by atoms with van der Waals surface area (Å²) >= 11 is 0. The third-order valence-corrected chi connectivity index (χ3v) is 4.86. The summed E-state index contributed by atoms with van der Waals surface area (Å²) in [5.41, 5.74) is 0.449. The molecule has 0 aromatic rings. The lowest BCUT2D eigenvalue weighted by Gasteiger charge is -2.37. The summed E-state index contributed by atoms with van der Waals surface area (Å²) in [6.07, 6.45) is 9.19. The highest BCUT2D eigenvalue weighted by Gasteiger charge is 2.34. The van der Waals surface area contributed by atoms with Gasteiger partial charge in [-0.25, -0.2) is 0 Å². The Morgan fingerprint density at radius 3 is 2.42 bits per heavy atom. The third-order valence-electron chi connectivity index (χ3n) is 4.86. The fourth-order valence-corrected chi connectivity index (χ4v) is 3.72. The zero-order valence-corrected chi connectivity index (χ0v) is 12.8. The number of nitrogens with zero attached hydrogens (tertiary/aromatic N) is 1. The first-order valence-corrected chi connectivity index (χ1v) is 8.23. The maximum atomic E-state index is 9.73. The molecule has 2 aliphatic rings. The molecule has 1 atom stereocenters. The Morgan fingerprint density at radius 2 is 1.89 bits per heavy atom. The summed E-state index contributed by atoms with van der Waals surface area (Å²) in [6, 6.07) is 0.573. The number of hydrogen-bond donors (Lipinski definition) is 2. The van der Waals surface area contributed by atoms with E-state index in [1.165, 1.54) is 45.1 Å². The zero-order chi connectivity index (χ0) is 13.7. The molecule has 1 saturated carbocycles. The molecule has 19 heavy (non-hydrogen) atoms. The van der Waals surface area contributed by atoms with E-state index in [1.807, 2.05) is 0 Å². The summed E-state index contributed by atoms with van der Waals surface area (Å²) in [5, 5.41) is 13.4. The molecule has 3 heteroatoms. The van der Waals surface area contributed by atoms with E-state index < -0.39 is 0 Å². The molecule has 0 spiro atoms. The average molecular weight is 268 g/mol. The normalized spacial score (nSPS) is 28.7. The minimum Gasteiger partial charge on any atom is -0.392 e. The van der Waals surface area contributed by atoms with Crippen molar-refractivity contribution in [2.24, 2.45) is 5.41 Å². The highest BCUT2D eigenvalue weighted by Crippen LogP contribution is 2.36. The van der Waals surface area contributed by atoms with Gasteiger partial charge in [-0.2, -0.15) is 0 Å². The number of aliphatic hydroxyl groups is 1. The van der Waals surface area contributed by atoms with Crippen LogP contribution in [0.15, 0.2) is 0 Å². The molecule has 2 N–H and O–H groups in total. The quantitative estimate of drug-likeness (QED) is 0.752. The Labute approximate surface area is 118 Å². The van der Waals surface area contributed by atoms with Crippen LogP contribution in [0.5, 0.6) is 0 Å². The summed E-state index contributed by atoms with van der Waals surface area (Å²) in [5.74, 6) is 0. The van der Waals surface area contributed by atoms with Gasteiger partial charge in [-0.3, -0.25) is 0 Å². The molecule has 0 aromatic heterocycles. The fraction of sp³-hybridized carbons (Fsp3) is 1.00. The second-order valence-electron chi connectivity index (χ2n) is 7.13. The first-order valence-electron chi connectivity index (χ1n) is 8.23. The number of rotatable bonds is 5. The van der Waals surface area contributed by atoms with Crippen molar-refractivity contribution in [3.8, 4) is 0 Å². The Bertz CT molecular complexity index is 259. The molecular weight excluding hydrogens is 236 g/mol. The van der Waals surface area contributed by atoms with Crippen LogP contribution >= 0.6 is 0 Å². The molecule has 1 saturated heterocycles. The SMILES string of the molecule is CC(C)NCC1(CN2CCC(O)C2)CCCCCC1. The van der Waals surface area contributed by atoms with Crippen molar-refractivity contribution in [3.05, 3.63) is 0 Å². The van der Waals surface area contributed by atoms with Gasteiger partial charge >= 0.3 is 0 Å². The summed E-state index contributed by atoms with van der Waals surface area (Å²) in [7, 11) is 0. The van der Waals surface area contributed by atoms with Crippen LogP contribution in [-0.4, -0.2) is 48.3 Å². The van der Waals surface area contributed by atoms with Gasteiger partial charge < -0.3 is 15.3 Å². The summed E-state index contributed by atoms with van der Waals surface area (Å²) in [4.78, 5) is 2.50. The lowest BCUT2D eigenvalue weighted by atomic mass is 9.79. The van der Waals surface area contributed by atoms with Gasteiger partial charge in [-0.15, -0.1) is 0 Å². The van der Waals surface area contributed by atoms with Crippen molar-refractivity contribution in [1.82, 2.24) is 10.2 Å². The van der Waals surface area contributed by atoms with Gasteiger partial charge in [-0.05, 0) is 24.7 Å². The van der Waals surface area contributed by atoms with Gasteiger partial charge in [-0.1, -0.05) is 39.5 Å².